The third-order valence-corrected chi connectivity index (χ3v) is 9.36. The van der Waals surface area contributed by atoms with Gasteiger partial charge in [-0.2, -0.15) is 0 Å². The number of hydrogen-bond acceptors (Lipinski definition) is 3. The maximum Gasteiger partial charge on any atom is 0.240 e. The summed E-state index contributed by atoms with van der Waals surface area (Å²) in [7, 11) is 0. The zero-order valence-corrected chi connectivity index (χ0v) is 28.7. The maximum atomic E-state index is 5.71. The van der Waals surface area contributed by atoms with Crippen molar-refractivity contribution in [3.05, 3.63) is 125 Å². The minimum Gasteiger partial charge on any atom is -0.259 e. The van der Waals surface area contributed by atoms with Gasteiger partial charge in [0.15, 0.2) is 11.3 Å². The molecule has 0 aliphatic heterocycles. The van der Waals surface area contributed by atoms with Gasteiger partial charge >= 0.3 is 0 Å². The Morgan fingerprint density at radius 1 is 0.468 bits per heavy atom. The van der Waals surface area contributed by atoms with Gasteiger partial charge < -0.3 is 0 Å². The van der Waals surface area contributed by atoms with Crippen molar-refractivity contribution in [3.8, 4) is 11.4 Å². The first-order valence-corrected chi connectivity index (χ1v) is 16.9. The van der Waals surface area contributed by atoms with Gasteiger partial charge in [0.1, 0.15) is 0 Å². The summed E-state index contributed by atoms with van der Waals surface area (Å²) in [4.78, 5) is 10.2. The zero-order valence-electron chi connectivity index (χ0n) is 28.7. The Kier molecular flexibility index (Phi) is 7.83. The molecule has 47 heavy (non-hydrogen) atoms. The van der Waals surface area contributed by atoms with Crippen molar-refractivity contribution in [2.45, 2.75) is 79.1 Å². The Hall–Kier alpha value is -4.97. The summed E-state index contributed by atoms with van der Waals surface area (Å²) in [6.45, 7) is 18.1. The molecule has 0 saturated heterocycles. The molecule has 3 heterocycles. The summed E-state index contributed by atoms with van der Waals surface area (Å²) in [5.41, 5.74) is 11.7. The van der Waals surface area contributed by atoms with Crippen LogP contribution in [0.4, 0.5) is 0 Å². The predicted octanol–water partition coefficient (Wildman–Crippen LogP) is 10.2. The third kappa shape index (κ3) is 4.98. The highest BCUT2D eigenvalue weighted by molar-refractivity contribution is 6.07. The minimum absolute atomic E-state index is 0.279. The fourth-order valence-corrected chi connectivity index (χ4v) is 7.07. The molecule has 0 bridgehead atoms. The number of aromatic nitrogens is 5. The van der Waals surface area contributed by atoms with Crippen molar-refractivity contribution in [3.63, 3.8) is 0 Å². The van der Waals surface area contributed by atoms with E-state index in [0.717, 1.165) is 39.3 Å². The molecule has 0 saturated carbocycles. The molecule has 6 heteroatoms. The molecule has 0 unspecified atom stereocenters. The number of rotatable bonds is 7. The molecule has 0 amide bonds. The first-order valence-electron chi connectivity index (χ1n) is 16.9. The summed E-state index contributed by atoms with van der Waals surface area (Å²) < 4.78 is 6.70. The van der Waals surface area contributed by atoms with Crippen molar-refractivity contribution in [1.82, 2.24) is 23.8 Å². The number of fused-ring (bicyclic) bond motifs is 4. The number of imidazole rings is 1. The average molecular weight is 621 g/mol. The second-order valence-corrected chi connectivity index (χ2v) is 13.8. The summed E-state index contributed by atoms with van der Waals surface area (Å²) >= 11 is 0. The molecule has 4 aromatic carbocycles. The Bertz CT molecular complexity index is 2120. The van der Waals surface area contributed by atoms with E-state index in [4.69, 9.17) is 15.1 Å². The van der Waals surface area contributed by atoms with Crippen LogP contribution in [0, 0.1) is 0 Å². The number of para-hydroxylation sites is 4. The van der Waals surface area contributed by atoms with E-state index in [-0.39, 0.29) is 23.7 Å². The Labute approximate surface area is 277 Å². The summed E-state index contributed by atoms with van der Waals surface area (Å²) in [5.74, 6) is 1.12. The van der Waals surface area contributed by atoms with Crippen LogP contribution in [-0.4, -0.2) is 23.8 Å². The number of nitrogens with zero attached hydrogens (tertiary/aromatic N) is 6. The highest BCUT2D eigenvalue weighted by atomic mass is 15.4. The molecule has 0 spiro atoms. The van der Waals surface area contributed by atoms with Gasteiger partial charge in [-0.1, -0.05) is 128 Å². The van der Waals surface area contributed by atoms with Crippen LogP contribution in [-0.2, 0) is 0 Å². The van der Waals surface area contributed by atoms with E-state index < -0.39 is 0 Å². The predicted molar refractivity (Wildman–Crippen MR) is 195 cm³/mol. The van der Waals surface area contributed by atoms with Crippen LogP contribution in [0.5, 0.6) is 0 Å². The highest BCUT2D eigenvalue weighted by Gasteiger charge is 2.27. The van der Waals surface area contributed by atoms with Crippen LogP contribution in [0.2, 0.25) is 0 Å². The van der Waals surface area contributed by atoms with Crippen molar-refractivity contribution in [2.24, 2.45) is 5.10 Å². The molecule has 7 aromatic rings. The van der Waals surface area contributed by atoms with Gasteiger partial charge in [-0.05, 0) is 58.1 Å². The molecule has 0 radical (unpaired) electrons. The van der Waals surface area contributed by atoms with E-state index in [2.05, 4.69) is 154 Å². The number of benzene rings is 4. The number of hydrogen-bond donors (Lipinski definition) is 0. The Morgan fingerprint density at radius 2 is 0.830 bits per heavy atom. The minimum atomic E-state index is 0.279. The van der Waals surface area contributed by atoms with Gasteiger partial charge in [-0.25, -0.2) is 14.6 Å². The van der Waals surface area contributed by atoms with Gasteiger partial charge in [0.2, 0.25) is 5.62 Å². The molecule has 0 N–H and O–H groups in total. The van der Waals surface area contributed by atoms with Crippen molar-refractivity contribution in [1.29, 1.82) is 0 Å². The van der Waals surface area contributed by atoms with E-state index in [9.17, 15) is 0 Å². The molecule has 238 valence electrons. The summed E-state index contributed by atoms with van der Waals surface area (Å²) in [5, 5.41) is 8.06. The van der Waals surface area contributed by atoms with E-state index in [1.54, 1.807) is 12.4 Å². The highest BCUT2D eigenvalue weighted by Crippen LogP contribution is 2.36. The quantitative estimate of drug-likeness (QED) is 0.178. The van der Waals surface area contributed by atoms with Gasteiger partial charge in [-0.15, -0.1) is 5.10 Å². The van der Waals surface area contributed by atoms with Crippen LogP contribution in [0.25, 0.3) is 44.5 Å². The second-order valence-electron chi connectivity index (χ2n) is 13.8. The first kappa shape index (κ1) is 30.7. The lowest BCUT2D eigenvalue weighted by atomic mass is 9.92. The Balaban J connectivity index is 1.79. The normalized spacial score (nSPS) is 12.2. The summed E-state index contributed by atoms with van der Waals surface area (Å²) in [6, 6.07) is 30.5. The maximum absolute atomic E-state index is 5.71. The van der Waals surface area contributed by atoms with E-state index >= 15 is 0 Å². The largest absolute Gasteiger partial charge is 0.259 e. The molecule has 0 aliphatic carbocycles. The van der Waals surface area contributed by atoms with Gasteiger partial charge in [0, 0.05) is 23.2 Å². The third-order valence-electron chi connectivity index (χ3n) is 9.36. The van der Waals surface area contributed by atoms with Crippen molar-refractivity contribution >= 4 is 33.1 Å². The molecule has 3 aromatic heterocycles. The van der Waals surface area contributed by atoms with Gasteiger partial charge in [-0.3, -0.25) is 9.13 Å². The average Bonchev–Trinajstić information content (AvgIpc) is 3.56. The molecular formula is C41H44N6. The van der Waals surface area contributed by atoms with Crippen LogP contribution in [0.1, 0.15) is 101 Å². The van der Waals surface area contributed by atoms with Crippen LogP contribution in [0.3, 0.4) is 0 Å². The fourth-order valence-electron chi connectivity index (χ4n) is 7.07. The molecule has 0 fully saturated rings. The van der Waals surface area contributed by atoms with Crippen LogP contribution >= 0.6 is 0 Å². The first-order chi connectivity index (χ1) is 22.7. The fraction of sp³-hybridized carbons (Fsp3) is 0.293. The lowest BCUT2D eigenvalue weighted by Crippen LogP contribution is -2.29. The SMILES string of the molecule is CC(C)c1cccc(C(C)C)c1-n1c(=Nn2c3ccccc3c3ccccc32)n(-c2c(C(C)C)cccc2C(C)C)c2nccnc21. The van der Waals surface area contributed by atoms with Gasteiger partial charge in [0.25, 0.3) is 0 Å². The lowest BCUT2D eigenvalue weighted by Gasteiger charge is -2.22. The molecule has 0 atom stereocenters. The molecule has 0 aliphatic rings. The van der Waals surface area contributed by atoms with Crippen LogP contribution < -0.4 is 5.62 Å². The smallest absolute Gasteiger partial charge is 0.240 e. The standard InChI is InChI=1S/C41H44N6/c1-25(2)29-17-13-18-30(26(3)4)37(29)45-39-40(43-24-23-42-39)46(38-31(27(5)6)19-14-20-32(38)28(7)8)41(45)44-47-35-21-11-9-15-33(35)34-16-10-12-22-36(34)47/h9-28H,1-8H3. The second kappa shape index (κ2) is 12.0. The molecule has 7 rings (SSSR count). The van der Waals surface area contributed by atoms with E-state index in [1.165, 1.54) is 33.0 Å². The Morgan fingerprint density at radius 3 is 1.19 bits per heavy atom. The van der Waals surface area contributed by atoms with Gasteiger partial charge in [0.05, 0.1) is 22.4 Å². The molecular weight excluding hydrogens is 576 g/mol. The zero-order chi connectivity index (χ0) is 33.0. The summed E-state index contributed by atoms with van der Waals surface area (Å²) in [6.07, 6.45) is 3.61. The van der Waals surface area contributed by atoms with E-state index in [1.807, 2.05) is 0 Å². The monoisotopic (exact) mass is 620 g/mol. The topological polar surface area (TPSA) is 52.9 Å². The molecule has 6 nitrogen and oxygen atoms in total. The van der Waals surface area contributed by atoms with E-state index in [0.29, 0.717) is 0 Å². The lowest BCUT2D eigenvalue weighted by molar-refractivity contribution is 0.736. The van der Waals surface area contributed by atoms with Crippen molar-refractivity contribution < 1.29 is 0 Å². The van der Waals surface area contributed by atoms with Crippen LogP contribution in [0.15, 0.2) is 102 Å². The van der Waals surface area contributed by atoms with Crippen molar-refractivity contribution in [2.75, 3.05) is 0 Å².